The fourth-order valence-electron chi connectivity index (χ4n) is 3.11. The molecule has 0 unspecified atom stereocenters. The first-order chi connectivity index (χ1) is 14.6. The fraction of sp³-hybridized carbons (Fsp3) is 0.455. The van der Waals surface area contributed by atoms with Crippen LogP contribution in [0.25, 0.3) is 0 Å². The van der Waals surface area contributed by atoms with Gasteiger partial charge in [-0.1, -0.05) is 0 Å². The van der Waals surface area contributed by atoms with Gasteiger partial charge in [-0.3, -0.25) is 0 Å². The minimum absolute atomic E-state index is 0.259. The van der Waals surface area contributed by atoms with Gasteiger partial charge in [-0.15, -0.1) is 0 Å². The Kier molecular flexibility index (Phi) is 12.6. The Morgan fingerprint density at radius 1 is 0.633 bits per heavy atom. The van der Waals surface area contributed by atoms with Crippen LogP contribution in [0.15, 0.2) is 60.7 Å². The van der Waals surface area contributed by atoms with Crippen molar-refractivity contribution < 1.29 is 28.0 Å². The number of rotatable bonds is 16. The molecule has 0 radical (unpaired) electrons. The Hall–Kier alpha value is -0.940. The van der Waals surface area contributed by atoms with Gasteiger partial charge in [0.25, 0.3) is 0 Å². The Balaban J connectivity index is 1.58. The summed E-state index contributed by atoms with van der Waals surface area (Å²) < 4.78 is 15.6. The third-order valence-corrected chi connectivity index (χ3v) is 7.39. The van der Waals surface area contributed by atoms with Crippen molar-refractivity contribution in [1.82, 2.24) is 0 Å². The molecule has 2 aromatic carbocycles. The van der Waals surface area contributed by atoms with Crippen molar-refractivity contribution in [2.24, 2.45) is 0 Å². The fourth-order valence-corrected chi connectivity index (χ4v) is 5.24. The molecule has 0 aliphatic rings. The molecule has 8 heteroatoms. The van der Waals surface area contributed by atoms with E-state index in [9.17, 15) is 4.89 Å². The first-order valence-electron chi connectivity index (χ1n) is 10.5. The Morgan fingerprint density at radius 3 is 1.47 bits per heavy atom. The van der Waals surface area contributed by atoms with Gasteiger partial charge in [0.1, 0.15) is 0 Å². The normalized spacial score (nSPS) is 12.4. The third-order valence-electron chi connectivity index (χ3n) is 4.67. The number of benzene rings is 2. The molecule has 168 valence electrons. The summed E-state index contributed by atoms with van der Waals surface area (Å²) in [4.78, 5) is 28.7. The van der Waals surface area contributed by atoms with E-state index in [2.05, 4.69) is 24.3 Å². The van der Waals surface area contributed by atoms with Gasteiger partial charge in [0.2, 0.25) is 0 Å². The molecule has 0 spiro atoms. The molecular weight excluding hydrogens is 422 g/mol. The van der Waals surface area contributed by atoms with Crippen molar-refractivity contribution in [3.05, 3.63) is 71.8 Å². The molecule has 0 fully saturated rings. The number of hydrogen-bond donors (Lipinski definition) is 3. The van der Waals surface area contributed by atoms with E-state index in [-0.39, 0.29) is 13.2 Å². The average Bonchev–Trinajstić information content (AvgIpc) is 2.74. The molecule has 0 atom stereocenters. The van der Waals surface area contributed by atoms with Crippen LogP contribution in [0.5, 0.6) is 0 Å². The van der Waals surface area contributed by atoms with Crippen LogP contribution in [0, 0.1) is 0 Å². The molecule has 0 heterocycles. The zero-order valence-corrected chi connectivity index (χ0v) is 19.3. The Bertz CT molecular complexity index is 620. The predicted octanol–water partition coefficient (Wildman–Crippen LogP) is 5.48. The first-order valence-corrected chi connectivity index (χ1v) is 13.4. The van der Waals surface area contributed by atoms with E-state index >= 15 is 0 Å². The number of unbranched alkanes of at least 4 members (excludes halogenated alkanes) is 4. The van der Waals surface area contributed by atoms with E-state index in [4.69, 9.17) is 23.1 Å². The maximum absolute atomic E-state index is 10.4. The summed E-state index contributed by atoms with van der Waals surface area (Å²) in [6, 6.07) is 20.6. The zero-order valence-electron chi connectivity index (χ0n) is 17.4. The molecule has 0 bridgehead atoms. The van der Waals surface area contributed by atoms with E-state index in [1.54, 1.807) is 0 Å². The van der Waals surface area contributed by atoms with Crippen molar-refractivity contribution in [1.29, 1.82) is 0 Å². The molecule has 30 heavy (non-hydrogen) atoms. The van der Waals surface area contributed by atoms with Gasteiger partial charge in [0, 0.05) is 0 Å². The van der Waals surface area contributed by atoms with Crippen molar-refractivity contribution in [2.45, 2.75) is 51.4 Å². The van der Waals surface area contributed by atoms with Crippen molar-refractivity contribution in [3.8, 4) is 0 Å². The van der Waals surface area contributed by atoms with Crippen LogP contribution in [0.2, 0.25) is 0 Å². The monoisotopic (exact) mass is 456 g/mol. The van der Waals surface area contributed by atoms with Gasteiger partial charge in [0.05, 0.1) is 0 Å². The molecule has 0 saturated heterocycles. The molecule has 3 N–H and O–H groups in total. The summed E-state index contributed by atoms with van der Waals surface area (Å²) in [7, 11) is -6.77. The minimum atomic E-state index is -4.03. The SMILES string of the molecule is OP(O)O[PH](O)(OCCCCCc1ccccc1)OCCCCCc1ccccc1. The Morgan fingerprint density at radius 2 is 1.07 bits per heavy atom. The first kappa shape index (κ1) is 25.3. The van der Waals surface area contributed by atoms with Crippen LogP contribution in [0.1, 0.15) is 49.7 Å². The van der Waals surface area contributed by atoms with E-state index in [1.807, 2.05) is 36.4 Å². The van der Waals surface area contributed by atoms with Crippen LogP contribution in [0.4, 0.5) is 0 Å². The van der Waals surface area contributed by atoms with Gasteiger partial charge in [-0.2, -0.15) is 0 Å². The molecule has 2 rings (SSSR count). The quantitative estimate of drug-likeness (QED) is 0.229. The van der Waals surface area contributed by atoms with Crippen LogP contribution in [0.3, 0.4) is 0 Å². The van der Waals surface area contributed by atoms with Crippen LogP contribution >= 0.6 is 16.8 Å². The molecule has 0 aliphatic carbocycles. The van der Waals surface area contributed by atoms with E-state index < -0.39 is 16.8 Å². The standard InChI is InChI=1S/C22H34O6P2/c23-29(24)28-30(25,26-19-11-3-9-17-21-13-5-1-6-14-21)27-20-12-4-10-18-22-15-7-2-8-16-22/h1-2,5-8,13-16,23-25,30H,3-4,9-12,17-20H2. The van der Waals surface area contributed by atoms with Gasteiger partial charge in [0.15, 0.2) is 0 Å². The van der Waals surface area contributed by atoms with Gasteiger partial charge in [-0.25, -0.2) is 0 Å². The molecule has 0 aromatic heterocycles. The number of hydrogen-bond acceptors (Lipinski definition) is 6. The summed E-state index contributed by atoms with van der Waals surface area (Å²) >= 11 is 0. The summed E-state index contributed by atoms with van der Waals surface area (Å²) in [5, 5.41) is 0. The van der Waals surface area contributed by atoms with Gasteiger partial charge >= 0.3 is 181 Å². The summed E-state index contributed by atoms with van der Waals surface area (Å²) in [5.74, 6) is 0. The zero-order chi connectivity index (χ0) is 21.5. The Labute approximate surface area is 181 Å². The summed E-state index contributed by atoms with van der Waals surface area (Å²) in [6.07, 6.45) is 7.37. The second-order valence-corrected chi connectivity index (χ2v) is 10.0. The molecule has 2 aromatic rings. The van der Waals surface area contributed by atoms with E-state index in [0.29, 0.717) is 0 Å². The van der Waals surface area contributed by atoms with Crippen molar-refractivity contribution >= 4 is 16.8 Å². The molecule has 0 saturated carbocycles. The summed E-state index contributed by atoms with van der Waals surface area (Å²) in [6.45, 7) is 0.517. The van der Waals surface area contributed by atoms with Crippen LogP contribution in [-0.4, -0.2) is 27.9 Å². The molecule has 6 nitrogen and oxygen atoms in total. The van der Waals surface area contributed by atoms with Gasteiger partial charge in [-0.05, 0) is 0 Å². The second-order valence-electron chi connectivity index (χ2n) is 7.16. The number of aryl methyl sites for hydroxylation is 2. The predicted molar refractivity (Wildman–Crippen MR) is 123 cm³/mol. The van der Waals surface area contributed by atoms with Crippen molar-refractivity contribution in [2.75, 3.05) is 13.2 Å². The van der Waals surface area contributed by atoms with Crippen molar-refractivity contribution in [3.63, 3.8) is 0 Å². The summed E-state index contributed by atoms with van der Waals surface area (Å²) in [5.41, 5.74) is 2.60. The topological polar surface area (TPSA) is 88.4 Å². The second kappa shape index (κ2) is 15.0. The van der Waals surface area contributed by atoms with E-state index in [1.165, 1.54) is 11.1 Å². The average molecular weight is 456 g/mol. The molecule has 0 aliphatic heterocycles. The van der Waals surface area contributed by atoms with Gasteiger partial charge < -0.3 is 0 Å². The van der Waals surface area contributed by atoms with E-state index in [0.717, 1.165) is 51.4 Å². The molecular formula is C22H34O6P2. The van der Waals surface area contributed by atoms with Crippen LogP contribution < -0.4 is 0 Å². The third kappa shape index (κ3) is 11.5. The molecule has 0 amide bonds. The van der Waals surface area contributed by atoms with Crippen LogP contribution in [-0.2, 0) is 26.2 Å². The maximum atomic E-state index is 10.4.